The molecule has 0 saturated carbocycles. The molecule has 0 radical (unpaired) electrons. The Labute approximate surface area is 112 Å². The minimum atomic E-state index is -0.632. The van der Waals surface area contributed by atoms with Gasteiger partial charge in [-0.15, -0.1) is 0 Å². The van der Waals surface area contributed by atoms with Crippen LogP contribution in [0.2, 0.25) is 0 Å². The average Bonchev–Trinajstić information content (AvgIpc) is 2.88. The molecule has 0 aromatic heterocycles. The summed E-state index contributed by atoms with van der Waals surface area (Å²) in [6.45, 7) is 4.03. The lowest BCUT2D eigenvalue weighted by Gasteiger charge is -2.19. The van der Waals surface area contributed by atoms with Crippen molar-refractivity contribution in [2.75, 3.05) is 13.2 Å². The lowest BCUT2D eigenvalue weighted by molar-refractivity contribution is -0.159. The monoisotopic (exact) mass is 266 g/mol. The number of hydrogen-bond acceptors (Lipinski definition) is 5. The van der Waals surface area contributed by atoms with Gasteiger partial charge < -0.3 is 19.3 Å². The molecule has 104 valence electrons. The number of aliphatic hydroxyl groups is 1. The smallest absolute Gasteiger partial charge is 0.338 e. The van der Waals surface area contributed by atoms with Crippen molar-refractivity contribution in [1.29, 1.82) is 0 Å². The van der Waals surface area contributed by atoms with Crippen molar-refractivity contribution >= 4 is 5.97 Å². The molecule has 2 heterocycles. The van der Waals surface area contributed by atoms with Gasteiger partial charge in [-0.25, -0.2) is 4.79 Å². The molecule has 0 spiro atoms. The fourth-order valence-corrected chi connectivity index (χ4v) is 1.95. The second kappa shape index (κ2) is 5.69. The standard InChI is InChI=1S/C14H18O5/c1-14(2)17-9-12(19-14)11-8-10(13(16)18-11)6-4-3-5-7-15/h3-6,8,11-12,15H,7,9H2,1-2H3/b5-3+,6-4+/t11-,12-/m0/s1. The van der Waals surface area contributed by atoms with Crippen LogP contribution in [0.15, 0.2) is 36.0 Å². The zero-order valence-electron chi connectivity index (χ0n) is 11.0. The molecule has 1 N–H and O–H groups in total. The number of aliphatic hydroxyl groups excluding tert-OH is 1. The highest BCUT2D eigenvalue weighted by Crippen LogP contribution is 2.29. The Morgan fingerprint density at radius 1 is 1.47 bits per heavy atom. The van der Waals surface area contributed by atoms with Crippen molar-refractivity contribution in [3.8, 4) is 0 Å². The van der Waals surface area contributed by atoms with E-state index in [1.54, 1.807) is 30.4 Å². The lowest BCUT2D eigenvalue weighted by atomic mass is 10.1. The van der Waals surface area contributed by atoms with Gasteiger partial charge in [-0.1, -0.05) is 18.2 Å². The maximum absolute atomic E-state index is 11.7. The first kappa shape index (κ1) is 14.0. The fraction of sp³-hybridized carbons (Fsp3) is 0.500. The molecule has 0 aliphatic carbocycles. The van der Waals surface area contributed by atoms with E-state index in [1.165, 1.54) is 0 Å². The number of cyclic esters (lactones) is 1. The van der Waals surface area contributed by atoms with Crippen LogP contribution >= 0.6 is 0 Å². The second-order valence-electron chi connectivity index (χ2n) is 4.83. The lowest BCUT2D eigenvalue weighted by Crippen LogP contribution is -2.30. The van der Waals surface area contributed by atoms with Gasteiger partial charge in [0.05, 0.1) is 18.8 Å². The minimum absolute atomic E-state index is 0.0290. The molecule has 5 nitrogen and oxygen atoms in total. The summed E-state index contributed by atoms with van der Waals surface area (Å²) in [5.74, 6) is -1.00. The number of carbonyl (C=O) groups excluding carboxylic acids is 1. The number of hydrogen-bond donors (Lipinski definition) is 1. The van der Waals surface area contributed by atoms with Crippen LogP contribution in [-0.2, 0) is 19.0 Å². The van der Waals surface area contributed by atoms with Gasteiger partial charge in [-0.2, -0.15) is 0 Å². The molecule has 0 amide bonds. The van der Waals surface area contributed by atoms with Gasteiger partial charge in [0.25, 0.3) is 0 Å². The van der Waals surface area contributed by atoms with Crippen molar-refractivity contribution in [2.24, 2.45) is 0 Å². The van der Waals surface area contributed by atoms with Crippen molar-refractivity contribution in [1.82, 2.24) is 0 Å². The first-order valence-corrected chi connectivity index (χ1v) is 6.20. The Morgan fingerprint density at radius 3 is 2.89 bits per heavy atom. The predicted molar refractivity (Wildman–Crippen MR) is 68.2 cm³/mol. The zero-order chi connectivity index (χ0) is 13.9. The van der Waals surface area contributed by atoms with E-state index >= 15 is 0 Å². The summed E-state index contributed by atoms with van der Waals surface area (Å²) in [5, 5.41) is 8.59. The molecule has 19 heavy (non-hydrogen) atoms. The van der Waals surface area contributed by atoms with E-state index in [1.807, 2.05) is 13.8 Å². The van der Waals surface area contributed by atoms with Gasteiger partial charge in [-0.3, -0.25) is 0 Å². The van der Waals surface area contributed by atoms with Crippen LogP contribution in [0.25, 0.3) is 0 Å². The minimum Gasteiger partial charge on any atom is -0.452 e. The normalized spacial score (nSPS) is 30.3. The summed E-state index contributed by atoms with van der Waals surface area (Å²) in [6, 6.07) is 0. The molecule has 2 aliphatic heterocycles. The highest BCUT2D eigenvalue weighted by Gasteiger charge is 2.40. The van der Waals surface area contributed by atoms with Crippen molar-refractivity contribution in [3.05, 3.63) is 36.0 Å². The van der Waals surface area contributed by atoms with E-state index < -0.39 is 11.9 Å². The van der Waals surface area contributed by atoms with E-state index in [0.717, 1.165) is 0 Å². The Balaban J connectivity index is 1.99. The Bertz CT molecular complexity index is 433. The third-order valence-electron chi connectivity index (χ3n) is 2.85. The number of ether oxygens (including phenoxy) is 3. The summed E-state index contributed by atoms with van der Waals surface area (Å²) in [7, 11) is 0. The van der Waals surface area contributed by atoms with Gasteiger partial charge in [0, 0.05) is 0 Å². The van der Waals surface area contributed by atoms with Gasteiger partial charge in [0.15, 0.2) is 5.79 Å². The first-order chi connectivity index (χ1) is 9.02. The molecule has 1 fully saturated rings. The molecule has 2 aliphatic rings. The molecule has 0 unspecified atom stereocenters. The van der Waals surface area contributed by atoms with E-state index in [4.69, 9.17) is 19.3 Å². The fourth-order valence-electron chi connectivity index (χ4n) is 1.95. The van der Waals surface area contributed by atoms with Gasteiger partial charge in [-0.05, 0) is 26.0 Å². The maximum atomic E-state index is 11.7. The number of allylic oxidation sites excluding steroid dienone is 2. The topological polar surface area (TPSA) is 65.0 Å². The molecule has 1 saturated heterocycles. The number of carbonyl (C=O) groups is 1. The van der Waals surface area contributed by atoms with Crippen LogP contribution in [0.5, 0.6) is 0 Å². The highest BCUT2D eigenvalue weighted by molar-refractivity contribution is 5.94. The molecule has 2 rings (SSSR count). The molecule has 0 aromatic carbocycles. The third-order valence-corrected chi connectivity index (χ3v) is 2.85. The van der Waals surface area contributed by atoms with Crippen LogP contribution < -0.4 is 0 Å². The van der Waals surface area contributed by atoms with Gasteiger partial charge >= 0.3 is 5.97 Å². The maximum Gasteiger partial charge on any atom is 0.338 e. The van der Waals surface area contributed by atoms with Crippen LogP contribution in [0.3, 0.4) is 0 Å². The van der Waals surface area contributed by atoms with E-state index in [9.17, 15) is 4.79 Å². The number of rotatable bonds is 4. The summed E-state index contributed by atoms with van der Waals surface area (Å²) in [6.07, 6.45) is 7.64. The second-order valence-corrected chi connectivity index (χ2v) is 4.83. The Hall–Kier alpha value is -1.43. The van der Waals surface area contributed by atoms with Gasteiger partial charge in [0.1, 0.15) is 12.2 Å². The van der Waals surface area contributed by atoms with E-state index in [-0.39, 0.29) is 18.7 Å². The third kappa shape index (κ3) is 3.53. The molecule has 5 heteroatoms. The molecule has 0 aromatic rings. The SMILES string of the molecule is CC1(C)OC[C@@H]([C@@H]2C=C(/C=C/C=C/CO)C(=O)O2)O1. The van der Waals surface area contributed by atoms with Crippen LogP contribution in [0, 0.1) is 0 Å². The van der Waals surface area contributed by atoms with E-state index in [2.05, 4.69) is 0 Å². The quantitative estimate of drug-likeness (QED) is 0.609. The molecular weight excluding hydrogens is 248 g/mol. The summed E-state index contributed by atoms with van der Waals surface area (Å²) in [4.78, 5) is 11.7. The van der Waals surface area contributed by atoms with E-state index in [0.29, 0.717) is 12.2 Å². The zero-order valence-corrected chi connectivity index (χ0v) is 11.0. The Kier molecular flexibility index (Phi) is 4.19. The largest absolute Gasteiger partial charge is 0.452 e. The summed E-state index contributed by atoms with van der Waals surface area (Å²) >= 11 is 0. The summed E-state index contributed by atoms with van der Waals surface area (Å²) in [5.41, 5.74) is 0.487. The van der Waals surface area contributed by atoms with Crippen LogP contribution in [0.4, 0.5) is 0 Å². The van der Waals surface area contributed by atoms with Crippen molar-refractivity contribution in [3.63, 3.8) is 0 Å². The molecule has 2 atom stereocenters. The average molecular weight is 266 g/mol. The van der Waals surface area contributed by atoms with Crippen molar-refractivity contribution < 1.29 is 24.1 Å². The predicted octanol–water partition coefficient (Wildman–Crippen LogP) is 1.09. The first-order valence-electron chi connectivity index (χ1n) is 6.20. The van der Waals surface area contributed by atoms with Crippen LogP contribution in [-0.4, -0.2) is 42.3 Å². The highest BCUT2D eigenvalue weighted by atomic mass is 16.8. The van der Waals surface area contributed by atoms with Gasteiger partial charge in [0.2, 0.25) is 0 Å². The van der Waals surface area contributed by atoms with Crippen molar-refractivity contribution in [2.45, 2.75) is 31.8 Å². The molecular formula is C14H18O5. The van der Waals surface area contributed by atoms with Crippen LogP contribution in [0.1, 0.15) is 13.8 Å². The molecule has 0 bridgehead atoms. The Morgan fingerprint density at radius 2 is 2.26 bits per heavy atom. The summed E-state index contributed by atoms with van der Waals surface area (Å²) < 4.78 is 16.4. The number of esters is 1.